The number of aliphatic imine (C=N–C) groups is 1. The molecule has 14 heavy (non-hydrogen) atoms. The largest absolute Gasteiger partial charge is 0.273 e. The zero-order valence-electron chi connectivity index (χ0n) is 10.6. The molecule has 0 radical (unpaired) electrons. The Kier molecular flexibility index (Phi) is 97.1. The van der Waals surface area contributed by atoms with E-state index in [2.05, 4.69) is 31.8 Å². The van der Waals surface area contributed by atoms with Crippen molar-refractivity contribution in [2.45, 2.75) is 41.0 Å². The van der Waals surface area contributed by atoms with Gasteiger partial charge in [-0.25, -0.2) is 0 Å². The van der Waals surface area contributed by atoms with Gasteiger partial charge in [0.25, 0.3) is 0 Å². The molecule has 0 saturated heterocycles. The maximum absolute atomic E-state index is 3.48. The number of hydrogen-bond donors (Lipinski definition) is 0. The van der Waals surface area contributed by atoms with Crippen LogP contribution < -0.4 is 0 Å². The third-order valence-electron chi connectivity index (χ3n) is 0.616. The predicted molar refractivity (Wildman–Crippen MR) is 72.1 cm³/mol. The van der Waals surface area contributed by atoms with E-state index in [1.807, 2.05) is 33.8 Å². The van der Waals surface area contributed by atoms with E-state index in [4.69, 9.17) is 0 Å². The van der Waals surface area contributed by atoms with E-state index < -0.39 is 0 Å². The van der Waals surface area contributed by atoms with Crippen LogP contribution >= 0.6 is 0 Å². The van der Waals surface area contributed by atoms with Gasteiger partial charge < -0.3 is 0 Å². The molecule has 0 N–H and O–H groups in total. The van der Waals surface area contributed by atoms with E-state index in [-0.39, 0.29) is 0 Å². The van der Waals surface area contributed by atoms with Crippen LogP contribution in [0.15, 0.2) is 42.6 Å². The van der Waals surface area contributed by atoms with Gasteiger partial charge in [-0.2, -0.15) is 0 Å². The van der Waals surface area contributed by atoms with Gasteiger partial charge in [0.05, 0.1) is 0 Å². The molecule has 0 aromatic heterocycles. The second-order valence-corrected chi connectivity index (χ2v) is 1.46. The highest BCUT2D eigenvalue weighted by atomic mass is 14.6. The third-order valence-corrected chi connectivity index (χ3v) is 0.616. The summed E-state index contributed by atoms with van der Waals surface area (Å²) in [6.07, 6.45) is 7.90. The fraction of sp³-hybridized carbons (Fsp3) is 0.462. The Morgan fingerprint density at radius 3 is 1.50 bits per heavy atom. The van der Waals surface area contributed by atoms with Crippen LogP contribution in [0.1, 0.15) is 41.0 Å². The summed E-state index contributed by atoms with van der Waals surface area (Å²) in [4.78, 5) is 3.42. The van der Waals surface area contributed by atoms with E-state index in [0.29, 0.717) is 0 Å². The Balaban J connectivity index is -0.0000000546. The van der Waals surface area contributed by atoms with E-state index in [1.54, 1.807) is 18.4 Å². The summed E-state index contributed by atoms with van der Waals surface area (Å²) in [5, 5.41) is 0. The number of allylic oxidation sites excluding steroid dienone is 3. The summed E-state index contributed by atoms with van der Waals surface area (Å²) in [6, 6.07) is 0. The summed E-state index contributed by atoms with van der Waals surface area (Å²) in [7, 11) is 0. The smallest absolute Gasteiger partial charge is 0.0260 e. The summed E-state index contributed by atoms with van der Waals surface area (Å²) < 4.78 is 0. The van der Waals surface area contributed by atoms with Crippen molar-refractivity contribution in [3.05, 3.63) is 37.6 Å². The first-order chi connectivity index (χ1) is 6.83. The topological polar surface area (TPSA) is 12.4 Å². The molecule has 1 heteroatoms. The first-order valence-corrected chi connectivity index (χ1v) is 5.17. The summed E-state index contributed by atoms with van der Waals surface area (Å²) in [5.41, 5.74) is 0. The minimum absolute atomic E-state index is 1.08. The monoisotopic (exact) mass is 197 g/mol. The minimum Gasteiger partial charge on any atom is -0.273 e. The van der Waals surface area contributed by atoms with Crippen molar-refractivity contribution in [3.63, 3.8) is 0 Å². The first kappa shape index (κ1) is 23.1. The average Bonchev–Trinajstić information content (AvgIpc) is 2.32. The number of nitrogens with zero attached hydrogens (tertiary/aromatic N) is 1. The molecule has 0 heterocycles. The highest BCUT2D eigenvalue weighted by Crippen LogP contribution is 1.68. The van der Waals surface area contributed by atoms with Crippen molar-refractivity contribution in [2.24, 2.45) is 4.99 Å². The Bertz CT molecular complexity index is 102. The summed E-state index contributed by atoms with van der Waals surface area (Å²) >= 11 is 0. The molecule has 0 aromatic carbocycles. The van der Waals surface area contributed by atoms with Gasteiger partial charge in [-0.15, -0.1) is 6.58 Å². The van der Waals surface area contributed by atoms with Gasteiger partial charge in [-0.1, -0.05) is 53.3 Å². The maximum Gasteiger partial charge on any atom is 0.0260 e. The van der Waals surface area contributed by atoms with Crippen LogP contribution in [0.4, 0.5) is 0 Å². The summed E-state index contributed by atoms with van der Waals surface area (Å²) in [5.74, 6) is 0. The van der Waals surface area contributed by atoms with Gasteiger partial charge in [-0.05, 0) is 19.2 Å². The minimum atomic E-state index is 1.08. The molecule has 0 fully saturated rings. The van der Waals surface area contributed by atoms with Crippen molar-refractivity contribution in [2.75, 3.05) is 0 Å². The zero-order chi connectivity index (χ0) is 12.2. The molecule has 84 valence electrons. The molecule has 0 bridgehead atoms. The molecule has 0 spiro atoms. The van der Waals surface area contributed by atoms with E-state index in [0.717, 1.165) is 6.42 Å². The fourth-order valence-electron chi connectivity index (χ4n) is 0.122. The molecule has 0 aliphatic rings. The van der Waals surface area contributed by atoms with Crippen molar-refractivity contribution < 1.29 is 0 Å². The highest BCUT2D eigenvalue weighted by molar-refractivity contribution is 5.25. The van der Waals surface area contributed by atoms with Crippen molar-refractivity contribution >= 4 is 6.72 Å². The van der Waals surface area contributed by atoms with Crippen LogP contribution in [-0.2, 0) is 0 Å². The Labute approximate surface area is 91.0 Å². The second kappa shape index (κ2) is 59.0. The predicted octanol–water partition coefficient (Wildman–Crippen LogP) is 5.02. The Morgan fingerprint density at radius 1 is 1.07 bits per heavy atom. The molecule has 0 aromatic rings. The molecule has 1 nitrogen and oxygen atoms in total. The SMILES string of the molecule is C=C/C=C\N=C.C=CCC.CC.CC. The van der Waals surface area contributed by atoms with Gasteiger partial charge in [0.2, 0.25) is 0 Å². The van der Waals surface area contributed by atoms with Crippen LogP contribution in [0.3, 0.4) is 0 Å². The van der Waals surface area contributed by atoms with E-state index >= 15 is 0 Å². The first-order valence-electron chi connectivity index (χ1n) is 5.17. The van der Waals surface area contributed by atoms with Crippen molar-refractivity contribution in [3.8, 4) is 0 Å². The van der Waals surface area contributed by atoms with Crippen LogP contribution in [0, 0.1) is 0 Å². The lowest BCUT2D eigenvalue weighted by molar-refractivity contribution is 1.23. The molecule has 0 atom stereocenters. The molecule has 0 amide bonds. The van der Waals surface area contributed by atoms with Gasteiger partial charge in [0.1, 0.15) is 0 Å². The molecule has 0 aliphatic carbocycles. The molecule has 0 aliphatic heterocycles. The lowest BCUT2D eigenvalue weighted by Crippen LogP contribution is -1.40. The third kappa shape index (κ3) is 128. The van der Waals surface area contributed by atoms with Crippen LogP contribution in [-0.4, -0.2) is 6.72 Å². The average molecular weight is 197 g/mol. The standard InChI is InChI=1S/C5H7N.C4H8.2C2H6/c1-3-4-5-6-2;1-3-4-2;2*1-2/h3-5H,1-2H2;3H,1,4H2,2H3;2*1-2H3/b5-4-;;;. The van der Waals surface area contributed by atoms with Crippen LogP contribution in [0.25, 0.3) is 0 Å². The lowest BCUT2D eigenvalue weighted by Gasteiger charge is -1.61. The van der Waals surface area contributed by atoms with E-state index in [9.17, 15) is 0 Å². The molecular formula is C13H27N. The molecule has 0 saturated carbocycles. The number of rotatable bonds is 3. The zero-order valence-corrected chi connectivity index (χ0v) is 10.6. The van der Waals surface area contributed by atoms with Gasteiger partial charge in [0, 0.05) is 6.20 Å². The van der Waals surface area contributed by atoms with Crippen molar-refractivity contribution in [1.82, 2.24) is 0 Å². The maximum atomic E-state index is 3.48. The van der Waals surface area contributed by atoms with Gasteiger partial charge >= 0.3 is 0 Å². The quantitative estimate of drug-likeness (QED) is 0.342. The van der Waals surface area contributed by atoms with Crippen LogP contribution in [0.5, 0.6) is 0 Å². The van der Waals surface area contributed by atoms with E-state index in [1.165, 1.54) is 0 Å². The highest BCUT2D eigenvalue weighted by Gasteiger charge is 1.47. The number of hydrogen-bond acceptors (Lipinski definition) is 1. The normalized spacial score (nSPS) is 6.36. The van der Waals surface area contributed by atoms with Crippen LogP contribution in [0.2, 0.25) is 0 Å². The Morgan fingerprint density at radius 2 is 1.43 bits per heavy atom. The molecule has 0 unspecified atom stereocenters. The summed E-state index contributed by atoms with van der Waals surface area (Å²) in [6.45, 7) is 20.2. The van der Waals surface area contributed by atoms with Crippen molar-refractivity contribution in [1.29, 1.82) is 0 Å². The Hall–Kier alpha value is -1.11. The molecule has 0 rings (SSSR count). The second-order valence-electron chi connectivity index (χ2n) is 1.46. The van der Waals surface area contributed by atoms with Gasteiger partial charge in [0.15, 0.2) is 0 Å². The lowest BCUT2D eigenvalue weighted by atomic mass is 10.5. The molecular weight excluding hydrogens is 170 g/mol. The van der Waals surface area contributed by atoms with Gasteiger partial charge in [-0.3, -0.25) is 4.99 Å². The fourth-order valence-corrected chi connectivity index (χ4v) is 0.122.